The summed E-state index contributed by atoms with van der Waals surface area (Å²) >= 11 is 0. The van der Waals surface area contributed by atoms with Gasteiger partial charge in [-0.15, -0.1) is 0 Å². The molecule has 0 aliphatic carbocycles. The molecule has 1 unspecified atom stereocenters. The second kappa shape index (κ2) is 10.9. The number of nitrogens with zero attached hydrogens (tertiary/aromatic N) is 2. The molecule has 0 saturated carbocycles. The second-order valence-electron chi connectivity index (χ2n) is 7.49. The molecular weight excluding hydrogens is 378 g/mol. The maximum Gasteiger partial charge on any atom is 0.237 e. The van der Waals surface area contributed by atoms with Crippen molar-refractivity contribution in [3.63, 3.8) is 0 Å². The van der Waals surface area contributed by atoms with Gasteiger partial charge in [-0.25, -0.2) is 0 Å². The second-order valence-corrected chi connectivity index (χ2v) is 7.49. The lowest BCUT2D eigenvalue weighted by atomic mass is 10.1. The number of benzene rings is 2. The molecule has 3 rings (SSSR count). The van der Waals surface area contributed by atoms with E-state index in [1.54, 1.807) is 7.11 Å². The van der Waals surface area contributed by atoms with Gasteiger partial charge in [0.25, 0.3) is 0 Å². The average molecular weight is 412 g/mol. The molecule has 2 aromatic rings. The van der Waals surface area contributed by atoms with Crippen LogP contribution in [0.4, 0.5) is 5.69 Å². The van der Waals surface area contributed by atoms with Crippen LogP contribution in [0.2, 0.25) is 0 Å². The molecule has 1 aliphatic heterocycles. The summed E-state index contributed by atoms with van der Waals surface area (Å²) in [5.41, 5.74) is 2.32. The molecule has 1 aliphatic rings. The lowest BCUT2D eigenvalue weighted by Crippen LogP contribution is -2.54. The molecule has 0 radical (unpaired) electrons. The Morgan fingerprint density at radius 1 is 1.07 bits per heavy atom. The molecule has 1 fully saturated rings. The van der Waals surface area contributed by atoms with Crippen LogP contribution in [0.25, 0.3) is 0 Å². The lowest BCUT2D eigenvalue weighted by Gasteiger charge is -2.39. The third-order valence-electron chi connectivity index (χ3n) is 5.62. The molecule has 0 bridgehead atoms. The minimum Gasteiger partial charge on any atom is -0.497 e. The molecule has 6 nitrogen and oxygen atoms in total. The van der Waals surface area contributed by atoms with Crippen molar-refractivity contribution in [2.75, 3.05) is 51.3 Å². The van der Waals surface area contributed by atoms with Crippen molar-refractivity contribution in [2.24, 2.45) is 0 Å². The van der Waals surface area contributed by atoms with Crippen molar-refractivity contribution < 1.29 is 14.3 Å². The third kappa shape index (κ3) is 5.66. The summed E-state index contributed by atoms with van der Waals surface area (Å²) in [5.74, 6) is 1.86. The number of methoxy groups -OCH3 is 1. The predicted molar refractivity (Wildman–Crippen MR) is 121 cm³/mol. The highest BCUT2D eigenvalue weighted by Gasteiger charge is 2.26. The maximum absolute atomic E-state index is 12.6. The van der Waals surface area contributed by atoms with E-state index in [-0.39, 0.29) is 11.9 Å². The number of piperazine rings is 1. The Bertz CT molecular complexity index is 802. The molecule has 2 aromatic carbocycles. The normalized spacial score (nSPS) is 15.5. The van der Waals surface area contributed by atoms with E-state index in [1.165, 1.54) is 5.56 Å². The maximum atomic E-state index is 12.6. The van der Waals surface area contributed by atoms with Crippen LogP contribution in [-0.2, 0) is 11.2 Å². The molecule has 0 aromatic heterocycles. The van der Waals surface area contributed by atoms with E-state index in [0.717, 1.165) is 49.8 Å². The van der Waals surface area contributed by atoms with Crippen LogP contribution >= 0.6 is 0 Å². The molecule has 1 amide bonds. The minimum absolute atomic E-state index is 0.0895. The van der Waals surface area contributed by atoms with Gasteiger partial charge < -0.3 is 19.7 Å². The number of para-hydroxylation sites is 2. The number of hydrogen-bond acceptors (Lipinski definition) is 5. The van der Waals surface area contributed by atoms with Gasteiger partial charge in [-0.3, -0.25) is 9.69 Å². The molecular formula is C24H33N3O3. The van der Waals surface area contributed by atoms with Gasteiger partial charge in [0.15, 0.2) is 0 Å². The first kappa shape index (κ1) is 22.0. The number of anilines is 1. The largest absolute Gasteiger partial charge is 0.497 e. The predicted octanol–water partition coefficient (Wildman–Crippen LogP) is 2.96. The number of rotatable bonds is 9. The first-order valence-electron chi connectivity index (χ1n) is 10.7. The smallest absolute Gasteiger partial charge is 0.237 e. The summed E-state index contributed by atoms with van der Waals surface area (Å²) in [7, 11) is 1.66. The highest BCUT2D eigenvalue weighted by Crippen LogP contribution is 2.29. The Morgan fingerprint density at radius 2 is 1.77 bits per heavy atom. The monoisotopic (exact) mass is 411 g/mol. The Kier molecular flexibility index (Phi) is 7.97. The average Bonchev–Trinajstić information content (AvgIpc) is 2.80. The van der Waals surface area contributed by atoms with E-state index >= 15 is 0 Å². The van der Waals surface area contributed by atoms with E-state index in [9.17, 15) is 4.79 Å². The SMILES string of the molecule is CCOc1ccccc1N1CCN(C(C)C(=O)NCCc2ccc(OC)cc2)CC1. The van der Waals surface area contributed by atoms with Gasteiger partial charge in [-0.1, -0.05) is 24.3 Å². The van der Waals surface area contributed by atoms with Gasteiger partial charge >= 0.3 is 0 Å². The first-order chi connectivity index (χ1) is 14.6. The van der Waals surface area contributed by atoms with Crippen LogP contribution in [0.1, 0.15) is 19.4 Å². The Balaban J connectivity index is 1.45. The van der Waals surface area contributed by atoms with Gasteiger partial charge in [0, 0.05) is 32.7 Å². The summed E-state index contributed by atoms with van der Waals surface area (Å²) in [6, 6.07) is 16.0. The van der Waals surface area contributed by atoms with E-state index < -0.39 is 0 Å². The zero-order valence-electron chi connectivity index (χ0n) is 18.3. The minimum atomic E-state index is -0.134. The summed E-state index contributed by atoms with van der Waals surface area (Å²) in [5, 5.41) is 3.08. The Hall–Kier alpha value is -2.73. The van der Waals surface area contributed by atoms with Gasteiger partial charge in [-0.2, -0.15) is 0 Å². The third-order valence-corrected chi connectivity index (χ3v) is 5.62. The topological polar surface area (TPSA) is 54.0 Å². The number of ether oxygens (including phenoxy) is 2. The fourth-order valence-electron chi connectivity index (χ4n) is 3.78. The Morgan fingerprint density at radius 3 is 2.43 bits per heavy atom. The standard InChI is InChI=1S/C24H33N3O3/c1-4-30-23-8-6-5-7-22(23)27-17-15-26(16-18-27)19(2)24(28)25-14-13-20-9-11-21(29-3)12-10-20/h5-12,19H,4,13-18H2,1-3H3,(H,25,28). The van der Waals surface area contributed by atoms with Gasteiger partial charge in [0.2, 0.25) is 5.91 Å². The molecule has 6 heteroatoms. The summed E-state index contributed by atoms with van der Waals surface area (Å²) < 4.78 is 10.9. The van der Waals surface area contributed by atoms with Crippen LogP contribution in [0, 0.1) is 0 Å². The lowest BCUT2D eigenvalue weighted by molar-refractivity contribution is -0.125. The van der Waals surface area contributed by atoms with Crippen molar-refractivity contribution in [1.82, 2.24) is 10.2 Å². The van der Waals surface area contributed by atoms with Gasteiger partial charge in [0.05, 0.1) is 25.4 Å². The van der Waals surface area contributed by atoms with Gasteiger partial charge in [0.1, 0.15) is 11.5 Å². The summed E-state index contributed by atoms with van der Waals surface area (Å²) in [6.07, 6.45) is 0.810. The zero-order valence-corrected chi connectivity index (χ0v) is 18.3. The molecule has 1 heterocycles. The van der Waals surface area contributed by atoms with Crippen LogP contribution in [0.15, 0.2) is 48.5 Å². The van der Waals surface area contributed by atoms with E-state index in [0.29, 0.717) is 13.2 Å². The van der Waals surface area contributed by atoms with Crippen LogP contribution < -0.4 is 19.7 Å². The number of carbonyl (C=O) groups is 1. The highest BCUT2D eigenvalue weighted by atomic mass is 16.5. The van der Waals surface area contributed by atoms with E-state index in [2.05, 4.69) is 21.2 Å². The van der Waals surface area contributed by atoms with Crippen LogP contribution in [-0.4, -0.2) is 63.3 Å². The van der Waals surface area contributed by atoms with E-state index in [4.69, 9.17) is 9.47 Å². The van der Waals surface area contributed by atoms with Crippen LogP contribution in [0.3, 0.4) is 0 Å². The van der Waals surface area contributed by atoms with Crippen molar-refractivity contribution in [3.05, 3.63) is 54.1 Å². The zero-order chi connectivity index (χ0) is 21.3. The quantitative estimate of drug-likeness (QED) is 0.688. The molecule has 1 N–H and O–H groups in total. The highest BCUT2D eigenvalue weighted by molar-refractivity contribution is 5.81. The van der Waals surface area contributed by atoms with Crippen molar-refractivity contribution in [3.8, 4) is 11.5 Å². The van der Waals surface area contributed by atoms with Crippen LogP contribution in [0.5, 0.6) is 11.5 Å². The summed E-state index contributed by atoms with van der Waals surface area (Å²) in [6.45, 7) is 8.76. The first-order valence-corrected chi connectivity index (χ1v) is 10.7. The van der Waals surface area contributed by atoms with Crippen molar-refractivity contribution >= 4 is 11.6 Å². The molecule has 30 heavy (non-hydrogen) atoms. The molecule has 0 spiro atoms. The van der Waals surface area contributed by atoms with Crippen molar-refractivity contribution in [2.45, 2.75) is 26.3 Å². The number of hydrogen-bond donors (Lipinski definition) is 1. The molecule has 1 saturated heterocycles. The fourth-order valence-corrected chi connectivity index (χ4v) is 3.78. The van der Waals surface area contributed by atoms with Crippen molar-refractivity contribution in [1.29, 1.82) is 0 Å². The summed E-state index contributed by atoms with van der Waals surface area (Å²) in [4.78, 5) is 17.2. The Labute approximate surface area is 179 Å². The number of nitrogens with one attached hydrogen (secondary N) is 1. The molecule has 162 valence electrons. The fraction of sp³-hybridized carbons (Fsp3) is 0.458. The number of carbonyl (C=O) groups excluding carboxylic acids is 1. The van der Waals surface area contributed by atoms with Gasteiger partial charge in [-0.05, 0) is 50.1 Å². The van der Waals surface area contributed by atoms with E-state index in [1.807, 2.05) is 56.3 Å². The molecule has 1 atom stereocenters. The number of amides is 1.